The summed E-state index contributed by atoms with van der Waals surface area (Å²) >= 11 is 0. The molecule has 0 spiro atoms. The third-order valence-corrected chi connectivity index (χ3v) is 4.29. The van der Waals surface area contributed by atoms with Gasteiger partial charge in [0.1, 0.15) is 0 Å². The van der Waals surface area contributed by atoms with Crippen LogP contribution in [0.2, 0.25) is 0 Å². The lowest BCUT2D eigenvalue weighted by atomic mass is 10.1. The van der Waals surface area contributed by atoms with Gasteiger partial charge in [-0.1, -0.05) is 11.2 Å². The van der Waals surface area contributed by atoms with Crippen LogP contribution in [0.5, 0.6) is 0 Å². The molecule has 8 heteroatoms. The molecule has 0 aliphatic carbocycles. The maximum Gasteiger partial charge on any atom is 0.324 e. The molecule has 2 aliphatic heterocycles. The molecule has 24 heavy (non-hydrogen) atoms. The SMILES string of the molecule is [NH2+]=Cc1ccc(-c2noc(N3CCNCC3)n2)cc1NC1COC1. The minimum Gasteiger partial charge on any atom is -0.377 e. The number of benzene rings is 1. The number of piperazine rings is 1. The summed E-state index contributed by atoms with van der Waals surface area (Å²) in [6.07, 6.45) is 1.59. The Hall–Kier alpha value is -2.45. The number of rotatable bonds is 5. The van der Waals surface area contributed by atoms with E-state index in [9.17, 15) is 0 Å². The Bertz CT molecular complexity index is 721. The Morgan fingerprint density at radius 3 is 2.83 bits per heavy atom. The van der Waals surface area contributed by atoms with Crippen LogP contribution in [-0.4, -0.2) is 61.8 Å². The van der Waals surface area contributed by atoms with Crippen molar-refractivity contribution in [3.05, 3.63) is 23.8 Å². The van der Waals surface area contributed by atoms with E-state index in [1.165, 1.54) is 0 Å². The van der Waals surface area contributed by atoms with Gasteiger partial charge in [0.15, 0.2) is 6.21 Å². The van der Waals surface area contributed by atoms with E-state index in [0.717, 1.165) is 43.0 Å². The highest BCUT2D eigenvalue weighted by Crippen LogP contribution is 2.26. The number of ether oxygens (including phenoxy) is 1. The van der Waals surface area contributed by atoms with Crippen LogP contribution >= 0.6 is 0 Å². The number of nitrogens with one attached hydrogen (secondary N) is 2. The van der Waals surface area contributed by atoms with E-state index in [-0.39, 0.29) is 0 Å². The highest BCUT2D eigenvalue weighted by Gasteiger charge is 2.21. The Morgan fingerprint density at radius 2 is 2.12 bits per heavy atom. The molecule has 8 nitrogen and oxygen atoms in total. The monoisotopic (exact) mass is 329 g/mol. The van der Waals surface area contributed by atoms with Crippen molar-refractivity contribution in [2.24, 2.45) is 0 Å². The number of aromatic nitrogens is 2. The second kappa shape index (κ2) is 6.58. The van der Waals surface area contributed by atoms with Crippen molar-refractivity contribution in [3.8, 4) is 11.4 Å². The first kappa shape index (κ1) is 15.1. The van der Waals surface area contributed by atoms with E-state index < -0.39 is 0 Å². The van der Waals surface area contributed by atoms with Gasteiger partial charge in [-0.15, -0.1) is 0 Å². The van der Waals surface area contributed by atoms with Gasteiger partial charge in [0.05, 0.1) is 24.8 Å². The quantitative estimate of drug-likeness (QED) is 0.613. The average Bonchev–Trinajstić information content (AvgIpc) is 3.09. The predicted molar refractivity (Wildman–Crippen MR) is 90.1 cm³/mol. The minimum atomic E-state index is 0.320. The average molecular weight is 329 g/mol. The maximum atomic E-state index is 5.72. The molecule has 0 bridgehead atoms. The Kier molecular flexibility index (Phi) is 4.14. The third kappa shape index (κ3) is 2.98. The molecule has 1 aromatic heterocycles. The summed E-state index contributed by atoms with van der Waals surface area (Å²) in [6, 6.07) is 6.80. The van der Waals surface area contributed by atoms with Crippen LogP contribution in [0.3, 0.4) is 0 Å². The number of hydrogen-bond acceptors (Lipinski definition) is 7. The molecule has 126 valence electrons. The third-order valence-electron chi connectivity index (χ3n) is 4.29. The molecule has 2 saturated heterocycles. The maximum absolute atomic E-state index is 5.72. The van der Waals surface area contributed by atoms with Crippen molar-refractivity contribution in [2.45, 2.75) is 6.04 Å². The standard InChI is InChI=1S/C16H20N6O2/c17-8-12-2-1-11(7-14(12)19-13-9-23-10-13)15-20-16(24-21-15)22-5-3-18-4-6-22/h1-2,7-8,13,17-19H,3-6,9-10H2/p+1. The van der Waals surface area contributed by atoms with E-state index in [0.29, 0.717) is 31.1 Å². The minimum absolute atomic E-state index is 0.320. The van der Waals surface area contributed by atoms with Crippen LogP contribution in [0.4, 0.5) is 11.7 Å². The van der Waals surface area contributed by atoms with Crippen molar-refractivity contribution in [3.63, 3.8) is 0 Å². The zero-order valence-corrected chi connectivity index (χ0v) is 13.4. The lowest BCUT2D eigenvalue weighted by molar-refractivity contribution is -0.104. The molecule has 2 fully saturated rings. The Labute approximate surface area is 139 Å². The first-order valence-electron chi connectivity index (χ1n) is 8.16. The van der Waals surface area contributed by atoms with Gasteiger partial charge >= 0.3 is 6.01 Å². The summed E-state index contributed by atoms with van der Waals surface area (Å²) in [7, 11) is 0. The number of anilines is 2. The summed E-state index contributed by atoms with van der Waals surface area (Å²) in [5, 5.41) is 16.6. The van der Waals surface area contributed by atoms with E-state index >= 15 is 0 Å². The van der Waals surface area contributed by atoms with Gasteiger partial charge in [0.2, 0.25) is 5.82 Å². The largest absolute Gasteiger partial charge is 0.377 e. The lowest BCUT2D eigenvalue weighted by Gasteiger charge is -2.28. The lowest BCUT2D eigenvalue weighted by Crippen LogP contribution is -2.43. The van der Waals surface area contributed by atoms with E-state index in [4.69, 9.17) is 14.7 Å². The van der Waals surface area contributed by atoms with Gasteiger partial charge in [-0.05, 0) is 12.1 Å². The van der Waals surface area contributed by atoms with Crippen molar-refractivity contribution in [1.29, 1.82) is 0 Å². The predicted octanol–water partition coefficient (Wildman–Crippen LogP) is -0.865. The summed E-state index contributed by atoms with van der Waals surface area (Å²) in [4.78, 5) is 6.64. The molecule has 0 radical (unpaired) electrons. The van der Waals surface area contributed by atoms with Crippen molar-refractivity contribution in [1.82, 2.24) is 15.5 Å². The normalized spacial score (nSPS) is 18.2. The van der Waals surface area contributed by atoms with E-state index in [1.807, 2.05) is 18.2 Å². The van der Waals surface area contributed by atoms with Gasteiger partial charge in [0.25, 0.3) is 0 Å². The molecule has 0 saturated carbocycles. The molecule has 0 atom stereocenters. The van der Waals surface area contributed by atoms with Gasteiger partial charge in [0, 0.05) is 37.4 Å². The van der Waals surface area contributed by atoms with Crippen LogP contribution < -0.4 is 20.9 Å². The fourth-order valence-electron chi connectivity index (χ4n) is 2.82. The Morgan fingerprint density at radius 1 is 1.29 bits per heavy atom. The second-order valence-electron chi connectivity index (χ2n) is 5.99. The topological polar surface area (TPSA) is 101 Å². The van der Waals surface area contributed by atoms with E-state index in [2.05, 4.69) is 25.7 Å². The second-order valence-corrected chi connectivity index (χ2v) is 5.99. The van der Waals surface area contributed by atoms with Crippen LogP contribution in [-0.2, 0) is 4.74 Å². The summed E-state index contributed by atoms with van der Waals surface area (Å²) in [6.45, 7) is 5.02. The molecule has 1 aromatic carbocycles. The van der Waals surface area contributed by atoms with E-state index in [1.54, 1.807) is 6.21 Å². The fourth-order valence-corrected chi connectivity index (χ4v) is 2.82. The number of nitrogens with two attached hydrogens (primary N) is 1. The van der Waals surface area contributed by atoms with Crippen LogP contribution in [0, 0.1) is 0 Å². The molecule has 2 aromatic rings. The van der Waals surface area contributed by atoms with Gasteiger partial charge in [-0.2, -0.15) is 4.98 Å². The molecular formula is C16H21N6O2+. The van der Waals surface area contributed by atoms with Crippen LogP contribution in [0.1, 0.15) is 5.56 Å². The van der Waals surface area contributed by atoms with Crippen molar-refractivity contribution < 1.29 is 14.7 Å². The molecule has 3 heterocycles. The smallest absolute Gasteiger partial charge is 0.324 e. The first-order chi connectivity index (χ1) is 11.8. The van der Waals surface area contributed by atoms with Crippen molar-refractivity contribution in [2.75, 3.05) is 49.6 Å². The Balaban J connectivity index is 1.57. The van der Waals surface area contributed by atoms with Gasteiger partial charge in [-0.25, -0.2) is 0 Å². The van der Waals surface area contributed by atoms with Gasteiger partial charge in [-0.3, -0.25) is 5.41 Å². The first-order valence-corrected chi connectivity index (χ1v) is 8.16. The van der Waals surface area contributed by atoms with Crippen LogP contribution in [0.15, 0.2) is 22.7 Å². The zero-order chi connectivity index (χ0) is 16.4. The summed E-state index contributed by atoms with van der Waals surface area (Å²) < 4.78 is 10.6. The van der Waals surface area contributed by atoms with Crippen molar-refractivity contribution >= 4 is 17.9 Å². The molecule has 4 N–H and O–H groups in total. The molecule has 4 rings (SSSR count). The summed E-state index contributed by atoms with van der Waals surface area (Å²) in [5.41, 5.74) is 2.79. The summed E-state index contributed by atoms with van der Waals surface area (Å²) in [5.74, 6) is 0.583. The zero-order valence-electron chi connectivity index (χ0n) is 13.4. The van der Waals surface area contributed by atoms with Gasteiger partial charge < -0.3 is 24.8 Å². The highest BCUT2D eigenvalue weighted by atomic mass is 16.5. The molecule has 2 aliphatic rings. The molecule has 0 amide bonds. The molecular weight excluding hydrogens is 308 g/mol. The number of nitrogens with zero attached hydrogens (tertiary/aromatic N) is 3. The fraction of sp³-hybridized carbons (Fsp3) is 0.438. The highest BCUT2D eigenvalue weighted by molar-refractivity contribution is 5.86. The number of hydrogen-bond donors (Lipinski definition) is 3. The van der Waals surface area contributed by atoms with Crippen LogP contribution in [0.25, 0.3) is 11.4 Å². The molecule has 0 unspecified atom stereocenters.